The smallest absolute Gasteiger partial charge is 0.105 e. The van der Waals surface area contributed by atoms with Gasteiger partial charge in [-0.3, -0.25) is 0 Å². The minimum Gasteiger partial charge on any atom is -0.383 e. The maximum absolute atomic E-state index is 5.35. The van der Waals surface area contributed by atoms with Crippen LogP contribution in [0.15, 0.2) is 36.7 Å². The monoisotopic (exact) mass is 225 g/mol. The van der Waals surface area contributed by atoms with Crippen molar-refractivity contribution in [1.82, 2.24) is 9.55 Å². The number of aromatic nitrogens is 2. The van der Waals surface area contributed by atoms with E-state index in [2.05, 4.69) is 20.8 Å². The molecule has 0 saturated carbocycles. The summed E-state index contributed by atoms with van der Waals surface area (Å²) in [4.78, 5) is 4.18. The molecule has 3 nitrogen and oxygen atoms in total. The SMILES string of the molecule is C#Cc1cccc(NCCn2ccnc2C)c1. The molecule has 0 radical (unpaired) electrons. The Bertz CT molecular complexity index is 534. The van der Waals surface area contributed by atoms with Gasteiger partial charge in [0.1, 0.15) is 5.82 Å². The highest BCUT2D eigenvalue weighted by Gasteiger charge is 1.96. The molecule has 86 valence electrons. The molecule has 0 spiro atoms. The van der Waals surface area contributed by atoms with Gasteiger partial charge in [-0.05, 0) is 25.1 Å². The zero-order valence-electron chi connectivity index (χ0n) is 9.85. The Morgan fingerprint density at radius 1 is 1.47 bits per heavy atom. The van der Waals surface area contributed by atoms with Crippen molar-refractivity contribution in [2.45, 2.75) is 13.5 Å². The summed E-state index contributed by atoms with van der Waals surface area (Å²) in [5, 5.41) is 3.34. The van der Waals surface area contributed by atoms with Gasteiger partial charge < -0.3 is 9.88 Å². The van der Waals surface area contributed by atoms with Crippen molar-refractivity contribution in [3.8, 4) is 12.3 Å². The van der Waals surface area contributed by atoms with Gasteiger partial charge in [-0.25, -0.2) is 4.98 Å². The summed E-state index contributed by atoms with van der Waals surface area (Å²) in [7, 11) is 0. The topological polar surface area (TPSA) is 29.9 Å². The van der Waals surface area contributed by atoms with Crippen molar-refractivity contribution in [3.63, 3.8) is 0 Å². The van der Waals surface area contributed by atoms with Gasteiger partial charge in [-0.15, -0.1) is 6.42 Å². The van der Waals surface area contributed by atoms with Gasteiger partial charge in [-0.1, -0.05) is 12.0 Å². The molecular formula is C14H15N3. The number of imidazole rings is 1. The molecular weight excluding hydrogens is 210 g/mol. The molecule has 0 saturated heterocycles. The molecule has 2 aromatic rings. The minimum atomic E-state index is 0.852. The summed E-state index contributed by atoms with van der Waals surface area (Å²) < 4.78 is 2.11. The highest BCUT2D eigenvalue weighted by Crippen LogP contribution is 2.09. The zero-order valence-corrected chi connectivity index (χ0v) is 9.85. The van der Waals surface area contributed by atoms with Gasteiger partial charge in [0, 0.05) is 36.7 Å². The van der Waals surface area contributed by atoms with E-state index in [-0.39, 0.29) is 0 Å². The number of benzene rings is 1. The van der Waals surface area contributed by atoms with Gasteiger partial charge in [0.2, 0.25) is 0 Å². The predicted molar refractivity (Wildman–Crippen MR) is 69.8 cm³/mol. The molecule has 0 fully saturated rings. The van der Waals surface area contributed by atoms with Crippen molar-refractivity contribution in [1.29, 1.82) is 0 Å². The van der Waals surface area contributed by atoms with E-state index < -0.39 is 0 Å². The zero-order chi connectivity index (χ0) is 12.1. The number of nitrogens with zero attached hydrogens (tertiary/aromatic N) is 2. The van der Waals surface area contributed by atoms with Gasteiger partial charge in [0.15, 0.2) is 0 Å². The highest BCUT2D eigenvalue weighted by molar-refractivity contribution is 5.49. The van der Waals surface area contributed by atoms with E-state index in [1.807, 2.05) is 43.6 Å². The largest absolute Gasteiger partial charge is 0.383 e. The average Bonchev–Trinajstić information content (AvgIpc) is 2.76. The lowest BCUT2D eigenvalue weighted by Gasteiger charge is -2.08. The quantitative estimate of drug-likeness (QED) is 0.809. The number of rotatable bonds is 4. The highest BCUT2D eigenvalue weighted by atomic mass is 15.1. The lowest BCUT2D eigenvalue weighted by atomic mass is 10.2. The van der Waals surface area contributed by atoms with E-state index in [1.165, 1.54) is 0 Å². The summed E-state index contributed by atoms with van der Waals surface area (Å²) in [6, 6.07) is 7.87. The molecule has 1 N–H and O–H groups in total. The first kappa shape index (κ1) is 11.3. The molecule has 1 aromatic carbocycles. The molecule has 3 heteroatoms. The normalized spacial score (nSPS) is 9.88. The third-order valence-electron chi connectivity index (χ3n) is 2.63. The Morgan fingerprint density at radius 3 is 3.06 bits per heavy atom. The van der Waals surface area contributed by atoms with Crippen LogP contribution in [0.25, 0.3) is 0 Å². The number of terminal acetylenes is 1. The lowest BCUT2D eigenvalue weighted by molar-refractivity contribution is 0.701. The van der Waals surface area contributed by atoms with Gasteiger partial charge >= 0.3 is 0 Å². The Labute approximate surface area is 102 Å². The van der Waals surface area contributed by atoms with E-state index in [4.69, 9.17) is 6.42 Å². The maximum atomic E-state index is 5.35. The fraction of sp³-hybridized carbons (Fsp3) is 0.214. The van der Waals surface area contributed by atoms with Crippen LogP contribution in [0.3, 0.4) is 0 Å². The Morgan fingerprint density at radius 2 is 2.35 bits per heavy atom. The van der Waals surface area contributed by atoms with Gasteiger partial charge in [0.25, 0.3) is 0 Å². The number of anilines is 1. The number of hydrogen-bond donors (Lipinski definition) is 1. The van der Waals surface area contributed by atoms with Crippen molar-refractivity contribution in [2.75, 3.05) is 11.9 Å². The number of nitrogens with one attached hydrogen (secondary N) is 1. The van der Waals surface area contributed by atoms with Crippen molar-refractivity contribution in [3.05, 3.63) is 48.0 Å². The van der Waals surface area contributed by atoms with Crippen LogP contribution >= 0.6 is 0 Å². The van der Waals surface area contributed by atoms with E-state index in [9.17, 15) is 0 Å². The molecule has 1 aromatic heterocycles. The number of aryl methyl sites for hydroxylation is 1. The summed E-state index contributed by atoms with van der Waals surface area (Å²) >= 11 is 0. The first-order valence-electron chi connectivity index (χ1n) is 5.58. The van der Waals surface area contributed by atoms with Crippen LogP contribution in [0, 0.1) is 19.3 Å². The predicted octanol–water partition coefficient (Wildman–Crippen LogP) is 2.28. The Hall–Kier alpha value is -2.21. The molecule has 0 unspecified atom stereocenters. The molecule has 0 amide bonds. The van der Waals surface area contributed by atoms with E-state index in [0.717, 1.165) is 30.2 Å². The number of hydrogen-bond acceptors (Lipinski definition) is 2. The minimum absolute atomic E-state index is 0.852. The summed E-state index contributed by atoms with van der Waals surface area (Å²) in [6.45, 7) is 3.75. The summed E-state index contributed by atoms with van der Waals surface area (Å²) in [5.41, 5.74) is 1.95. The molecule has 2 rings (SSSR count). The van der Waals surface area contributed by atoms with Crippen molar-refractivity contribution in [2.24, 2.45) is 0 Å². The third kappa shape index (κ3) is 2.88. The fourth-order valence-corrected chi connectivity index (χ4v) is 1.68. The third-order valence-corrected chi connectivity index (χ3v) is 2.63. The molecule has 0 aliphatic rings. The second-order valence-corrected chi connectivity index (χ2v) is 3.82. The van der Waals surface area contributed by atoms with E-state index in [1.54, 1.807) is 0 Å². The second-order valence-electron chi connectivity index (χ2n) is 3.82. The van der Waals surface area contributed by atoms with Crippen molar-refractivity contribution >= 4 is 5.69 Å². The molecule has 0 aliphatic heterocycles. The standard InChI is InChI=1S/C14H15N3/c1-3-13-5-4-6-14(11-13)16-8-10-17-9-7-15-12(17)2/h1,4-7,9,11,16H,8,10H2,2H3. The van der Waals surface area contributed by atoms with Crippen LogP contribution in [0.1, 0.15) is 11.4 Å². The molecule has 0 aliphatic carbocycles. The Balaban J connectivity index is 1.90. The van der Waals surface area contributed by atoms with Gasteiger partial charge in [-0.2, -0.15) is 0 Å². The second kappa shape index (κ2) is 5.22. The molecule has 1 heterocycles. The summed E-state index contributed by atoms with van der Waals surface area (Å²) in [6.07, 6.45) is 9.15. The first-order valence-corrected chi connectivity index (χ1v) is 5.58. The molecule has 17 heavy (non-hydrogen) atoms. The van der Waals surface area contributed by atoms with Crippen LogP contribution in [0.4, 0.5) is 5.69 Å². The molecule has 0 atom stereocenters. The lowest BCUT2D eigenvalue weighted by Crippen LogP contribution is -2.11. The van der Waals surface area contributed by atoms with Crippen LogP contribution in [-0.4, -0.2) is 16.1 Å². The van der Waals surface area contributed by atoms with Crippen molar-refractivity contribution < 1.29 is 0 Å². The van der Waals surface area contributed by atoms with Crippen LogP contribution in [-0.2, 0) is 6.54 Å². The van der Waals surface area contributed by atoms with Crippen LogP contribution in [0.2, 0.25) is 0 Å². The maximum Gasteiger partial charge on any atom is 0.105 e. The fourth-order valence-electron chi connectivity index (χ4n) is 1.68. The van der Waals surface area contributed by atoms with Crippen LogP contribution < -0.4 is 5.32 Å². The van der Waals surface area contributed by atoms with Gasteiger partial charge in [0.05, 0.1) is 0 Å². The van der Waals surface area contributed by atoms with E-state index in [0.29, 0.717) is 0 Å². The van der Waals surface area contributed by atoms with E-state index >= 15 is 0 Å². The van der Waals surface area contributed by atoms with Crippen LogP contribution in [0.5, 0.6) is 0 Å². The first-order chi connectivity index (χ1) is 8.29. The summed E-state index contributed by atoms with van der Waals surface area (Å²) in [5.74, 6) is 3.66. The molecule has 0 bridgehead atoms. The Kier molecular flexibility index (Phi) is 3.46. The average molecular weight is 225 g/mol.